The summed E-state index contributed by atoms with van der Waals surface area (Å²) in [6.07, 6.45) is 5.49. The summed E-state index contributed by atoms with van der Waals surface area (Å²) in [5.74, 6) is 1.56. The first-order valence-electron chi connectivity index (χ1n) is 11.6. The lowest BCUT2D eigenvalue weighted by Crippen LogP contribution is -2.31. The average molecular weight is 463 g/mol. The van der Waals surface area contributed by atoms with E-state index >= 15 is 0 Å². The van der Waals surface area contributed by atoms with E-state index in [1.807, 2.05) is 44.2 Å². The summed E-state index contributed by atoms with van der Waals surface area (Å²) in [5.41, 5.74) is 9.23. The maximum atomic E-state index is 14.4. The molecule has 4 rings (SSSR count). The Labute approximate surface area is 199 Å². The number of anilines is 1. The molecule has 0 saturated carbocycles. The van der Waals surface area contributed by atoms with Crippen molar-refractivity contribution in [2.75, 3.05) is 25.5 Å². The molecule has 3 aromatic rings. The first-order chi connectivity index (χ1) is 16.4. The van der Waals surface area contributed by atoms with Crippen LogP contribution in [0.25, 0.3) is 22.0 Å². The summed E-state index contributed by atoms with van der Waals surface area (Å²) < 4.78 is 19.9. The van der Waals surface area contributed by atoms with Crippen LogP contribution in [0, 0.1) is 11.7 Å². The van der Waals surface area contributed by atoms with E-state index in [2.05, 4.69) is 20.6 Å². The van der Waals surface area contributed by atoms with Crippen LogP contribution in [0.2, 0.25) is 0 Å². The molecule has 178 valence electrons. The third-order valence-electron chi connectivity index (χ3n) is 5.80. The van der Waals surface area contributed by atoms with Crippen LogP contribution in [-0.4, -0.2) is 42.0 Å². The number of methoxy groups -OCH3 is 1. The maximum Gasteiger partial charge on any atom is 0.228 e. The molecule has 0 aliphatic carbocycles. The summed E-state index contributed by atoms with van der Waals surface area (Å²) in [5, 5.41) is 7.18. The average Bonchev–Trinajstić information content (AvgIpc) is 2.83. The highest BCUT2D eigenvalue weighted by Crippen LogP contribution is 2.35. The summed E-state index contributed by atoms with van der Waals surface area (Å²) >= 11 is 0. The van der Waals surface area contributed by atoms with Crippen LogP contribution in [0.4, 0.5) is 10.3 Å². The third-order valence-corrected chi connectivity index (χ3v) is 5.80. The van der Waals surface area contributed by atoms with Crippen molar-refractivity contribution < 1.29 is 9.13 Å². The second-order valence-corrected chi connectivity index (χ2v) is 8.69. The fraction of sp³-hybridized carbons (Fsp3) is 0.346. The van der Waals surface area contributed by atoms with Gasteiger partial charge in [-0.25, -0.2) is 14.4 Å². The zero-order valence-corrected chi connectivity index (χ0v) is 19.8. The van der Waals surface area contributed by atoms with Crippen molar-refractivity contribution in [3.05, 3.63) is 60.2 Å². The molecule has 0 spiro atoms. The summed E-state index contributed by atoms with van der Waals surface area (Å²) in [4.78, 5) is 13.8. The number of fused-ring (bicyclic) bond motifs is 1. The quantitative estimate of drug-likeness (QED) is 0.368. The van der Waals surface area contributed by atoms with Gasteiger partial charge >= 0.3 is 0 Å². The third kappa shape index (κ3) is 5.51. The van der Waals surface area contributed by atoms with Crippen LogP contribution >= 0.6 is 0 Å². The number of aliphatic imine (C=N–C) groups is 1. The number of rotatable bonds is 6. The molecule has 0 unspecified atom stereocenters. The van der Waals surface area contributed by atoms with Crippen LogP contribution in [0.3, 0.4) is 0 Å². The number of nitrogens with zero attached hydrogens (tertiary/aromatic N) is 3. The van der Waals surface area contributed by atoms with E-state index in [1.54, 1.807) is 13.3 Å². The lowest BCUT2D eigenvalue weighted by molar-refractivity contribution is 0.416. The van der Waals surface area contributed by atoms with Gasteiger partial charge in [0, 0.05) is 40.4 Å². The van der Waals surface area contributed by atoms with Crippen LogP contribution < -0.4 is 21.1 Å². The lowest BCUT2D eigenvalue weighted by Gasteiger charge is -2.23. The van der Waals surface area contributed by atoms with Crippen molar-refractivity contribution in [1.82, 2.24) is 15.3 Å². The van der Waals surface area contributed by atoms with Crippen LogP contribution in [0.5, 0.6) is 5.75 Å². The zero-order chi connectivity index (χ0) is 24.1. The molecule has 1 saturated heterocycles. The highest BCUT2D eigenvalue weighted by molar-refractivity contribution is 6.04. The minimum Gasteiger partial charge on any atom is -0.496 e. The Morgan fingerprint density at radius 2 is 2.00 bits per heavy atom. The van der Waals surface area contributed by atoms with Crippen molar-refractivity contribution in [2.24, 2.45) is 16.6 Å². The highest BCUT2D eigenvalue weighted by atomic mass is 19.1. The Hall–Kier alpha value is -3.52. The van der Waals surface area contributed by atoms with E-state index in [4.69, 9.17) is 15.5 Å². The number of ether oxygens (including phenoxy) is 1. The fourth-order valence-electron chi connectivity index (χ4n) is 4.17. The number of amidine groups is 1. The number of allylic oxidation sites excluding steroid dienone is 1. The molecule has 2 aromatic carbocycles. The van der Waals surface area contributed by atoms with Gasteiger partial charge in [-0.2, -0.15) is 0 Å². The maximum absolute atomic E-state index is 14.4. The number of nitrogens with two attached hydrogens (primary N) is 1. The topological polar surface area (TPSA) is 97.5 Å². The molecule has 1 fully saturated rings. The van der Waals surface area contributed by atoms with Crippen molar-refractivity contribution in [3.63, 3.8) is 0 Å². The molecule has 0 radical (unpaired) electrons. The number of piperidine rings is 1. The number of nitrogens with one attached hydrogen (secondary N) is 2. The van der Waals surface area contributed by atoms with E-state index in [1.165, 1.54) is 12.1 Å². The molecule has 1 aliphatic heterocycles. The Kier molecular flexibility index (Phi) is 7.37. The highest BCUT2D eigenvalue weighted by Gasteiger charge is 2.17. The number of hydrogen-bond acceptors (Lipinski definition) is 6. The molecular weight excluding hydrogens is 431 g/mol. The second-order valence-electron chi connectivity index (χ2n) is 8.69. The monoisotopic (exact) mass is 462 g/mol. The van der Waals surface area contributed by atoms with Gasteiger partial charge in [0.15, 0.2) is 0 Å². The first-order valence-corrected chi connectivity index (χ1v) is 11.6. The molecule has 34 heavy (non-hydrogen) atoms. The predicted octanol–water partition coefficient (Wildman–Crippen LogP) is 4.51. The van der Waals surface area contributed by atoms with Crippen molar-refractivity contribution in [3.8, 4) is 16.9 Å². The fourth-order valence-corrected chi connectivity index (χ4v) is 4.17. The largest absolute Gasteiger partial charge is 0.496 e. The Bertz CT molecular complexity index is 1220. The molecule has 7 nitrogen and oxygen atoms in total. The van der Waals surface area contributed by atoms with Gasteiger partial charge in [-0.3, -0.25) is 4.99 Å². The van der Waals surface area contributed by atoms with E-state index in [-0.39, 0.29) is 11.9 Å². The van der Waals surface area contributed by atoms with E-state index in [9.17, 15) is 4.39 Å². The lowest BCUT2D eigenvalue weighted by atomic mass is 9.94. The van der Waals surface area contributed by atoms with Gasteiger partial charge in [-0.1, -0.05) is 18.2 Å². The molecule has 8 heteroatoms. The zero-order valence-electron chi connectivity index (χ0n) is 19.8. The van der Waals surface area contributed by atoms with Gasteiger partial charge in [0.2, 0.25) is 5.95 Å². The van der Waals surface area contributed by atoms with Gasteiger partial charge in [-0.05, 0) is 64.1 Å². The van der Waals surface area contributed by atoms with Gasteiger partial charge in [0.1, 0.15) is 17.4 Å². The van der Waals surface area contributed by atoms with Gasteiger partial charge < -0.3 is 21.1 Å². The normalized spacial score (nSPS) is 15.7. The summed E-state index contributed by atoms with van der Waals surface area (Å²) in [7, 11) is 1.59. The smallest absolute Gasteiger partial charge is 0.228 e. The summed E-state index contributed by atoms with van der Waals surface area (Å²) in [6, 6.07) is 10.4. The number of halogens is 1. The Balaban J connectivity index is 1.73. The molecule has 4 N–H and O–H groups in total. The van der Waals surface area contributed by atoms with Crippen LogP contribution in [0.15, 0.2) is 59.4 Å². The molecular formula is C26H31FN6O. The van der Waals surface area contributed by atoms with Gasteiger partial charge in [-0.15, -0.1) is 0 Å². The number of hydrogen-bond donors (Lipinski definition) is 3. The minimum absolute atomic E-state index is 0.0539. The van der Waals surface area contributed by atoms with Crippen molar-refractivity contribution >= 4 is 22.7 Å². The van der Waals surface area contributed by atoms with Crippen molar-refractivity contribution in [2.45, 2.75) is 32.7 Å². The summed E-state index contributed by atoms with van der Waals surface area (Å²) in [6.45, 7) is 5.92. The number of aromatic nitrogens is 2. The molecule has 0 atom stereocenters. The molecule has 2 heterocycles. The SMILES string of the molecule is COc1ccccc1-c1cc(F)cc2cnc(NC(C=C(N)C3CCNCC3)=NC(C)C)nc12. The number of benzene rings is 2. The number of para-hydroxylation sites is 1. The molecule has 0 bridgehead atoms. The van der Waals surface area contributed by atoms with E-state index in [0.717, 1.165) is 37.2 Å². The van der Waals surface area contributed by atoms with Crippen LogP contribution in [0.1, 0.15) is 26.7 Å². The van der Waals surface area contributed by atoms with Gasteiger partial charge in [0.25, 0.3) is 0 Å². The molecule has 0 amide bonds. The first kappa shape index (κ1) is 23.6. The Morgan fingerprint density at radius 1 is 1.24 bits per heavy atom. The molecule has 1 aromatic heterocycles. The second kappa shape index (κ2) is 10.6. The Morgan fingerprint density at radius 3 is 2.74 bits per heavy atom. The van der Waals surface area contributed by atoms with E-state index in [0.29, 0.717) is 39.9 Å². The van der Waals surface area contributed by atoms with Gasteiger partial charge in [0.05, 0.1) is 12.6 Å². The molecule has 1 aliphatic rings. The standard InChI is InChI=1S/C26H31FN6O/c1-16(2)31-24(14-22(28)17-8-10-29-11-9-17)32-26-30-15-18-12-19(27)13-21(25(18)33-26)20-6-4-5-7-23(20)34-3/h4-7,12-17,29H,8-11,28H2,1-3H3,(H,30,31,32,33). The van der Waals surface area contributed by atoms with Crippen molar-refractivity contribution in [1.29, 1.82) is 0 Å². The van der Waals surface area contributed by atoms with Crippen LogP contribution in [-0.2, 0) is 0 Å². The van der Waals surface area contributed by atoms with E-state index < -0.39 is 0 Å². The predicted molar refractivity (Wildman–Crippen MR) is 136 cm³/mol. The minimum atomic E-state index is -0.363.